The molecular formula is C17H19N5O4. The maximum absolute atomic E-state index is 12.1. The average molecular weight is 357 g/mol. The number of hydrogen-bond acceptors (Lipinski definition) is 7. The Kier molecular flexibility index (Phi) is 4.00. The molecule has 26 heavy (non-hydrogen) atoms. The molecule has 0 fully saturated rings. The largest absolute Gasteiger partial charge is 0.454 e. The van der Waals surface area contributed by atoms with Crippen molar-refractivity contribution in [2.24, 2.45) is 11.7 Å². The molecule has 0 saturated heterocycles. The summed E-state index contributed by atoms with van der Waals surface area (Å²) in [7, 11) is 0. The van der Waals surface area contributed by atoms with Crippen LogP contribution < -0.4 is 20.5 Å². The van der Waals surface area contributed by atoms with Crippen LogP contribution in [0.25, 0.3) is 0 Å². The van der Waals surface area contributed by atoms with Crippen molar-refractivity contribution >= 4 is 11.9 Å². The molecule has 9 nitrogen and oxygen atoms in total. The highest BCUT2D eigenvalue weighted by Crippen LogP contribution is 2.41. The summed E-state index contributed by atoms with van der Waals surface area (Å²) in [5.41, 5.74) is 6.91. The molecule has 9 heteroatoms. The second kappa shape index (κ2) is 6.34. The van der Waals surface area contributed by atoms with E-state index in [9.17, 15) is 4.79 Å². The van der Waals surface area contributed by atoms with E-state index in [0.717, 1.165) is 5.56 Å². The van der Waals surface area contributed by atoms with Gasteiger partial charge in [-0.25, -0.2) is 4.68 Å². The van der Waals surface area contributed by atoms with Gasteiger partial charge in [-0.2, -0.15) is 10.1 Å². The summed E-state index contributed by atoms with van der Waals surface area (Å²) in [5, 5.41) is 16.6. The van der Waals surface area contributed by atoms with Crippen LogP contribution >= 0.6 is 0 Å². The predicted octanol–water partition coefficient (Wildman–Crippen LogP) is 0.562. The molecule has 1 amide bonds. The standard InChI is InChI=1S/C17H19N5O4/c1-9-14(16(18)24)15(10-4-5-11-12(7-10)26-8-25-11)22-17(19-9)20-13(21-22)3-2-6-23/h4-5,7,14-15,23H,1-3,6,8H2,(H2,18,24)(H,19,20,21)/t14-,15+/m0/s1. The van der Waals surface area contributed by atoms with Crippen molar-refractivity contribution in [3.63, 3.8) is 0 Å². The first-order valence-electron chi connectivity index (χ1n) is 8.29. The lowest BCUT2D eigenvalue weighted by Crippen LogP contribution is -2.40. The van der Waals surface area contributed by atoms with Crippen LogP contribution in [0.3, 0.4) is 0 Å². The van der Waals surface area contributed by atoms with Gasteiger partial charge in [-0.1, -0.05) is 12.6 Å². The molecule has 0 radical (unpaired) electrons. The second-order valence-corrected chi connectivity index (χ2v) is 6.21. The van der Waals surface area contributed by atoms with E-state index in [1.807, 2.05) is 12.1 Å². The lowest BCUT2D eigenvalue weighted by molar-refractivity contribution is -0.121. The topological polar surface area (TPSA) is 125 Å². The molecule has 2 atom stereocenters. The highest BCUT2D eigenvalue weighted by molar-refractivity contribution is 5.82. The number of amides is 1. The van der Waals surface area contributed by atoms with Crippen LogP contribution in [-0.4, -0.2) is 39.2 Å². The Morgan fingerprint density at radius 2 is 2.23 bits per heavy atom. The minimum absolute atomic E-state index is 0.0551. The number of nitrogens with one attached hydrogen (secondary N) is 1. The first-order chi connectivity index (χ1) is 12.6. The number of aromatic nitrogens is 3. The van der Waals surface area contributed by atoms with E-state index in [0.29, 0.717) is 41.8 Å². The van der Waals surface area contributed by atoms with Crippen LogP contribution in [0.4, 0.5) is 5.95 Å². The summed E-state index contributed by atoms with van der Waals surface area (Å²) >= 11 is 0. The summed E-state index contributed by atoms with van der Waals surface area (Å²) in [6.45, 7) is 4.16. The normalized spacial score (nSPS) is 20.6. The van der Waals surface area contributed by atoms with Gasteiger partial charge < -0.3 is 25.6 Å². The van der Waals surface area contributed by atoms with Crippen molar-refractivity contribution < 1.29 is 19.4 Å². The first-order valence-corrected chi connectivity index (χ1v) is 8.29. The summed E-state index contributed by atoms with van der Waals surface area (Å²) in [4.78, 5) is 16.6. The predicted molar refractivity (Wildman–Crippen MR) is 91.6 cm³/mol. The van der Waals surface area contributed by atoms with Crippen molar-refractivity contribution in [1.82, 2.24) is 14.8 Å². The van der Waals surface area contributed by atoms with E-state index < -0.39 is 17.9 Å². The number of hydrogen-bond donors (Lipinski definition) is 3. The molecule has 4 rings (SSSR count). The van der Waals surface area contributed by atoms with Crippen LogP contribution in [0.5, 0.6) is 11.5 Å². The van der Waals surface area contributed by atoms with Gasteiger partial charge >= 0.3 is 0 Å². The maximum atomic E-state index is 12.1. The van der Waals surface area contributed by atoms with E-state index >= 15 is 0 Å². The molecule has 3 heterocycles. The molecule has 0 spiro atoms. The Morgan fingerprint density at radius 1 is 1.42 bits per heavy atom. The molecule has 1 aromatic heterocycles. The second-order valence-electron chi connectivity index (χ2n) is 6.21. The number of primary amides is 1. The van der Waals surface area contributed by atoms with Gasteiger partial charge in [0.15, 0.2) is 17.3 Å². The van der Waals surface area contributed by atoms with Crippen molar-refractivity contribution in [3.8, 4) is 11.5 Å². The summed E-state index contributed by atoms with van der Waals surface area (Å²) < 4.78 is 12.4. The molecule has 0 unspecified atom stereocenters. The van der Waals surface area contributed by atoms with E-state index in [2.05, 4.69) is 22.0 Å². The molecule has 0 saturated carbocycles. The number of nitrogens with two attached hydrogens (primary N) is 1. The Morgan fingerprint density at radius 3 is 3.00 bits per heavy atom. The summed E-state index contributed by atoms with van der Waals surface area (Å²) in [6, 6.07) is 4.97. The zero-order valence-corrected chi connectivity index (χ0v) is 14.0. The monoisotopic (exact) mass is 357 g/mol. The van der Waals surface area contributed by atoms with Crippen molar-refractivity contribution in [1.29, 1.82) is 0 Å². The minimum atomic E-state index is -0.699. The van der Waals surface area contributed by atoms with Crippen molar-refractivity contribution in [3.05, 3.63) is 41.9 Å². The number of aryl methyl sites for hydroxylation is 1. The fourth-order valence-corrected chi connectivity index (χ4v) is 3.30. The number of rotatable bonds is 5. The molecule has 4 N–H and O–H groups in total. The molecule has 2 aromatic rings. The Bertz CT molecular complexity index is 878. The number of carbonyl (C=O) groups excluding carboxylic acids is 1. The van der Waals surface area contributed by atoms with E-state index in [4.69, 9.17) is 20.3 Å². The zero-order valence-electron chi connectivity index (χ0n) is 14.0. The number of benzene rings is 1. The summed E-state index contributed by atoms with van der Waals surface area (Å²) in [6.07, 6.45) is 1.08. The van der Waals surface area contributed by atoms with E-state index in [-0.39, 0.29) is 13.4 Å². The number of aliphatic hydroxyl groups is 1. The van der Waals surface area contributed by atoms with Crippen LogP contribution in [-0.2, 0) is 11.2 Å². The highest BCUT2D eigenvalue weighted by atomic mass is 16.7. The van der Waals surface area contributed by atoms with Gasteiger partial charge in [0.1, 0.15) is 5.92 Å². The first kappa shape index (κ1) is 16.4. The van der Waals surface area contributed by atoms with Gasteiger partial charge in [-0.15, -0.1) is 0 Å². The third-order valence-electron chi connectivity index (χ3n) is 4.51. The molecule has 2 aliphatic rings. The van der Waals surface area contributed by atoms with Crippen LogP contribution in [0.1, 0.15) is 23.9 Å². The molecular weight excluding hydrogens is 338 g/mol. The number of fused-ring (bicyclic) bond motifs is 2. The van der Waals surface area contributed by atoms with Crippen molar-refractivity contribution in [2.75, 3.05) is 18.7 Å². The lowest BCUT2D eigenvalue weighted by atomic mass is 9.88. The average Bonchev–Trinajstić information content (AvgIpc) is 3.23. The van der Waals surface area contributed by atoms with Gasteiger partial charge in [0.2, 0.25) is 18.6 Å². The van der Waals surface area contributed by atoms with Crippen molar-refractivity contribution in [2.45, 2.75) is 18.9 Å². The van der Waals surface area contributed by atoms with Gasteiger partial charge in [0, 0.05) is 18.7 Å². The third kappa shape index (κ3) is 2.66. The molecule has 0 bridgehead atoms. The number of ether oxygens (including phenoxy) is 2. The third-order valence-corrected chi connectivity index (χ3v) is 4.51. The van der Waals surface area contributed by atoms with E-state index in [1.165, 1.54) is 0 Å². The zero-order chi connectivity index (χ0) is 18.3. The lowest BCUT2D eigenvalue weighted by Gasteiger charge is -2.32. The minimum Gasteiger partial charge on any atom is -0.454 e. The van der Waals surface area contributed by atoms with Gasteiger partial charge in [0.05, 0.1) is 6.04 Å². The fourth-order valence-electron chi connectivity index (χ4n) is 3.30. The fraction of sp³-hybridized carbons (Fsp3) is 0.353. The number of nitrogens with zero attached hydrogens (tertiary/aromatic N) is 3. The molecule has 2 aliphatic heterocycles. The Balaban J connectivity index is 1.80. The number of aliphatic hydroxyl groups excluding tert-OH is 1. The van der Waals surface area contributed by atoms with Crippen LogP contribution in [0.15, 0.2) is 30.5 Å². The Hall–Kier alpha value is -3.07. The van der Waals surface area contributed by atoms with Crippen LogP contribution in [0, 0.1) is 5.92 Å². The Labute approximate surface area is 149 Å². The quantitative estimate of drug-likeness (QED) is 0.714. The number of anilines is 1. The highest BCUT2D eigenvalue weighted by Gasteiger charge is 2.39. The maximum Gasteiger partial charge on any atom is 0.231 e. The molecule has 0 aliphatic carbocycles. The summed E-state index contributed by atoms with van der Waals surface area (Å²) in [5.74, 6) is 1.11. The smallest absolute Gasteiger partial charge is 0.231 e. The van der Waals surface area contributed by atoms with Crippen LogP contribution in [0.2, 0.25) is 0 Å². The number of carbonyl (C=O) groups is 1. The van der Waals surface area contributed by atoms with E-state index in [1.54, 1.807) is 10.7 Å². The van der Waals surface area contributed by atoms with Gasteiger partial charge in [0.25, 0.3) is 0 Å². The van der Waals surface area contributed by atoms with Gasteiger partial charge in [-0.3, -0.25) is 4.79 Å². The molecule has 136 valence electrons. The molecule has 1 aromatic carbocycles. The SMILES string of the molecule is C=C1Nc2nc(CCCO)nn2[C@H](c2ccc3c(c2)OCO3)[C@H]1C(N)=O. The van der Waals surface area contributed by atoms with Gasteiger partial charge in [-0.05, 0) is 24.1 Å².